The van der Waals surface area contributed by atoms with Crippen molar-refractivity contribution in [2.45, 2.75) is 39.3 Å². The minimum atomic E-state index is -0.192. The fourth-order valence-corrected chi connectivity index (χ4v) is 5.31. The van der Waals surface area contributed by atoms with Crippen molar-refractivity contribution in [3.63, 3.8) is 0 Å². The van der Waals surface area contributed by atoms with Gasteiger partial charge in [-0.25, -0.2) is 0 Å². The molecule has 2 amide bonds. The summed E-state index contributed by atoms with van der Waals surface area (Å²) in [7, 11) is 1.59. The minimum Gasteiger partial charge on any atom is -0.497 e. The van der Waals surface area contributed by atoms with E-state index in [1.54, 1.807) is 47.6 Å². The van der Waals surface area contributed by atoms with Crippen LogP contribution in [0.2, 0.25) is 0 Å². The quantitative estimate of drug-likeness (QED) is 0.438. The number of para-hydroxylation sites is 1. The summed E-state index contributed by atoms with van der Waals surface area (Å²) in [4.78, 5) is 31.7. The van der Waals surface area contributed by atoms with E-state index < -0.39 is 0 Å². The van der Waals surface area contributed by atoms with Gasteiger partial charge in [-0.2, -0.15) is 0 Å². The Kier molecular flexibility index (Phi) is 7.76. The van der Waals surface area contributed by atoms with E-state index in [-0.39, 0.29) is 30.4 Å². The second kappa shape index (κ2) is 11.0. The summed E-state index contributed by atoms with van der Waals surface area (Å²) < 4.78 is 11.4. The van der Waals surface area contributed by atoms with Gasteiger partial charge in [-0.15, -0.1) is 11.3 Å². The van der Waals surface area contributed by atoms with Crippen molar-refractivity contribution in [1.82, 2.24) is 9.80 Å². The fraction of sp³-hybridized carbons (Fsp3) is 0.357. The Labute approximate surface area is 211 Å². The van der Waals surface area contributed by atoms with Crippen molar-refractivity contribution in [2.75, 3.05) is 26.8 Å². The number of nitrogens with zero attached hydrogens (tertiary/aromatic N) is 2. The summed E-state index contributed by atoms with van der Waals surface area (Å²) in [6, 6.07) is 16.7. The van der Waals surface area contributed by atoms with E-state index in [1.165, 1.54) is 4.88 Å². The van der Waals surface area contributed by atoms with Crippen molar-refractivity contribution in [2.24, 2.45) is 0 Å². The first-order chi connectivity index (χ1) is 16.9. The molecule has 0 saturated heterocycles. The maximum absolute atomic E-state index is 13.6. The summed E-state index contributed by atoms with van der Waals surface area (Å²) >= 11 is 1.72. The Morgan fingerprint density at radius 1 is 1.11 bits per heavy atom. The van der Waals surface area contributed by atoms with Gasteiger partial charge < -0.3 is 19.3 Å². The molecule has 1 aromatic heterocycles. The van der Waals surface area contributed by atoms with E-state index in [0.717, 1.165) is 23.3 Å². The van der Waals surface area contributed by atoms with Gasteiger partial charge in [0, 0.05) is 23.0 Å². The molecule has 2 heterocycles. The van der Waals surface area contributed by atoms with Crippen LogP contribution in [0.3, 0.4) is 0 Å². The summed E-state index contributed by atoms with van der Waals surface area (Å²) in [6.45, 7) is 6.87. The molecule has 1 aliphatic rings. The number of rotatable bonds is 8. The molecule has 0 radical (unpaired) electrons. The van der Waals surface area contributed by atoms with Gasteiger partial charge in [0.15, 0.2) is 0 Å². The Balaban J connectivity index is 1.53. The minimum absolute atomic E-state index is 0.0167. The average Bonchev–Trinajstić information content (AvgIpc) is 3.35. The topological polar surface area (TPSA) is 59.1 Å². The van der Waals surface area contributed by atoms with E-state index in [4.69, 9.17) is 9.47 Å². The average molecular weight is 493 g/mol. The van der Waals surface area contributed by atoms with Crippen molar-refractivity contribution in [3.8, 4) is 11.5 Å². The molecule has 2 aromatic carbocycles. The molecular weight excluding hydrogens is 460 g/mol. The van der Waals surface area contributed by atoms with Crippen molar-refractivity contribution < 1.29 is 19.1 Å². The van der Waals surface area contributed by atoms with Gasteiger partial charge >= 0.3 is 0 Å². The largest absolute Gasteiger partial charge is 0.497 e. The van der Waals surface area contributed by atoms with Crippen LogP contribution in [0.25, 0.3) is 0 Å². The highest BCUT2D eigenvalue weighted by molar-refractivity contribution is 7.10. The van der Waals surface area contributed by atoms with Crippen LogP contribution >= 0.6 is 11.3 Å². The molecule has 0 bridgehead atoms. The van der Waals surface area contributed by atoms with E-state index >= 15 is 0 Å². The first-order valence-electron chi connectivity index (χ1n) is 11.9. The molecule has 7 heteroatoms. The summed E-state index contributed by atoms with van der Waals surface area (Å²) in [5.74, 6) is 1.26. The number of amides is 2. The number of aryl methyl sites for hydroxylation is 1. The second-order valence-corrected chi connectivity index (χ2v) is 9.98. The van der Waals surface area contributed by atoms with E-state index in [9.17, 15) is 9.59 Å². The second-order valence-electron chi connectivity index (χ2n) is 8.98. The molecule has 1 aliphatic heterocycles. The van der Waals surface area contributed by atoms with Crippen molar-refractivity contribution in [1.29, 1.82) is 0 Å². The SMILES string of the molecule is COc1ccc(C(=O)N(CC(=O)N2CCc3sccc3[C@H]2COc2ccccc2C)C(C)C)cc1. The van der Waals surface area contributed by atoms with E-state index in [1.807, 2.05) is 49.9 Å². The number of carbonyl (C=O) groups is 2. The maximum Gasteiger partial charge on any atom is 0.254 e. The molecule has 0 fully saturated rings. The number of methoxy groups -OCH3 is 1. The number of fused-ring (bicyclic) bond motifs is 1. The zero-order chi connectivity index (χ0) is 24.9. The third-order valence-corrected chi connectivity index (χ3v) is 7.43. The third-order valence-electron chi connectivity index (χ3n) is 6.43. The van der Waals surface area contributed by atoms with Crippen LogP contribution in [-0.2, 0) is 11.2 Å². The molecular formula is C28H32N2O4S. The van der Waals surface area contributed by atoms with E-state index in [0.29, 0.717) is 24.5 Å². The normalized spacial score (nSPS) is 15.0. The summed E-state index contributed by atoms with van der Waals surface area (Å²) in [5, 5.41) is 2.08. The van der Waals surface area contributed by atoms with Crippen LogP contribution in [0.4, 0.5) is 0 Å². The Morgan fingerprint density at radius 3 is 2.54 bits per heavy atom. The third kappa shape index (κ3) is 5.51. The number of hydrogen-bond acceptors (Lipinski definition) is 5. The van der Waals surface area contributed by atoms with E-state index in [2.05, 4.69) is 11.4 Å². The standard InChI is InChI=1S/C28H32N2O4S/c1-19(2)30(28(32)21-9-11-22(33-4)12-10-21)17-27(31)29-15-13-26-23(14-16-35-26)24(29)18-34-25-8-6-5-7-20(25)3/h5-12,14,16,19,24H,13,15,17-18H2,1-4H3/t24-/m1/s1. The van der Waals surface area contributed by atoms with Gasteiger partial charge in [-0.3, -0.25) is 9.59 Å². The van der Waals surface area contributed by atoms with Crippen molar-refractivity contribution >= 4 is 23.2 Å². The van der Waals surface area contributed by atoms with Crippen LogP contribution in [-0.4, -0.2) is 54.5 Å². The summed E-state index contributed by atoms with van der Waals surface area (Å²) in [5.41, 5.74) is 2.73. The Hall–Kier alpha value is -3.32. The number of thiophene rings is 1. The highest BCUT2D eigenvalue weighted by Crippen LogP contribution is 2.34. The zero-order valence-corrected chi connectivity index (χ0v) is 21.5. The number of hydrogen-bond donors (Lipinski definition) is 0. The highest BCUT2D eigenvalue weighted by atomic mass is 32.1. The van der Waals surface area contributed by atoms with Gasteiger partial charge in [-0.1, -0.05) is 18.2 Å². The smallest absolute Gasteiger partial charge is 0.254 e. The lowest BCUT2D eigenvalue weighted by atomic mass is 10.00. The van der Waals surface area contributed by atoms with Crippen LogP contribution in [0.15, 0.2) is 60.0 Å². The fourth-order valence-electron chi connectivity index (χ4n) is 4.39. The monoisotopic (exact) mass is 492 g/mol. The van der Waals surface area contributed by atoms with Gasteiger partial charge in [-0.05, 0) is 80.1 Å². The number of ether oxygens (including phenoxy) is 2. The molecule has 0 aliphatic carbocycles. The van der Waals surface area contributed by atoms with Crippen LogP contribution in [0.1, 0.15) is 46.3 Å². The molecule has 0 unspecified atom stereocenters. The molecule has 0 N–H and O–H groups in total. The molecule has 1 atom stereocenters. The molecule has 35 heavy (non-hydrogen) atoms. The number of benzene rings is 2. The Morgan fingerprint density at radius 2 is 1.86 bits per heavy atom. The predicted octanol–water partition coefficient (Wildman–Crippen LogP) is 5.12. The van der Waals surface area contributed by atoms with Gasteiger partial charge in [0.2, 0.25) is 5.91 Å². The van der Waals surface area contributed by atoms with Crippen LogP contribution < -0.4 is 9.47 Å². The molecule has 0 spiro atoms. The van der Waals surface area contributed by atoms with Crippen LogP contribution in [0, 0.1) is 6.92 Å². The first-order valence-corrected chi connectivity index (χ1v) is 12.8. The highest BCUT2D eigenvalue weighted by Gasteiger charge is 2.34. The van der Waals surface area contributed by atoms with Gasteiger partial charge in [0.1, 0.15) is 24.7 Å². The lowest BCUT2D eigenvalue weighted by Gasteiger charge is -2.37. The number of carbonyl (C=O) groups excluding carboxylic acids is 2. The lowest BCUT2D eigenvalue weighted by molar-refractivity contribution is -0.136. The molecule has 184 valence electrons. The lowest BCUT2D eigenvalue weighted by Crippen LogP contribution is -2.49. The Bertz CT molecular complexity index is 1170. The zero-order valence-electron chi connectivity index (χ0n) is 20.7. The first kappa shape index (κ1) is 24.8. The summed E-state index contributed by atoms with van der Waals surface area (Å²) in [6.07, 6.45) is 0.813. The molecule has 4 rings (SSSR count). The maximum atomic E-state index is 13.6. The van der Waals surface area contributed by atoms with Gasteiger partial charge in [0.05, 0.1) is 13.2 Å². The van der Waals surface area contributed by atoms with Gasteiger partial charge in [0.25, 0.3) is 5.91 Å². The molecule has 0 saturated carbocycles. The predicted molar refractivity (Wildman–Crippen MR) is 138 cm³/mol. The van der Waals surface area contributed by atoms with Crippen LogP contribution in [0.5, 0.6) is 11.5 Å². The molecule has 6 nitrogen and oxygen atoms in total. The molecule has 3 aromatic rings. The van der Waals surface area contributed by atoms with Crippen molar-refractivity contribution in [3.05, 3.63) is 81.5 Å².